The molecule has 18 heavy (non-hydrogen) atoms. The predicted octanol–water partition coefficient (Wildman–Crippen LogP) is 4.60. The molecule has 4 aromatic rings. The first-order valence-corrected chi connectivity index (χ1v) is 6.12. The molecule has 0 saturated carbocycles. The summed E-state index contributed by atoms with van der Waals surface area (Å²) in [4.78, 5) is 0. The third kappa shape index (κ3) is 1.06. The van der Waals surface area contributed by atoms with E-state index in [4.69, 9.17) is 0 Å². The quantitative estimate of drug-likeness (QED) is 0.439. The molecular formula is C17H12O. The Balaban J connectivity index is 2.46. The highest BCUT2D eigenvalue weighted by Crippen LogP contribution is 2.38. The number of hydrogen-bond donors (Lipinski definition) is 1. The summed E-state index contributed by atoms with van der Waals surface area (Å²) >= 11 is 0. The van der Waals surface area contributed by atoms with Crippen LogP contribution in [0.5, 0.6) is 5.75 Å². The topological polar surface area (TPSA) is 20.2 Å². The van der Waals surface area contributed by atoms with Crippen molar-refractivity contribution in [1.29, 1.82) is 0 Å². The lowest BCUT2D eigenvalue weighted by Gasteiger charge is -2.13. The van der Waals surface area contributed by atoms with E-state index >= 15 is 0 Å². The molecule has 0 amide bonds. The van der Waals surface area contributed by atoms with Gasteiger partial charge in [-0.15, -0.1) is 0 Å². The van der Waals surface area contributed by atoms with Gasteiger partial charge in [0.05, 0.1) is 0 Å². The van der Waals surface area contributed by atoms with E-state index in [1.54, 1.807) is 0 Å². The first-order valence-electron chi connectivity index (χ1n) is 6.12. The van der Waals surface area contributed by atoms with Gasteiger partial charge in [-0.2, -0.15) is 0 Å². The van der Waals surface area contributed by atoms with Crippen LogP contribution < -0.4 is 0 Å². The summed E-state index contributed by atoms with van der Waals surface area (Å²) < 4.78 is 0. The lowest BCUT2D eigenvalue weighted by Crippen LogP contribution is -1.86. The summed E-state index contributed by atoms with van der Waals surface area (Å²) in [6.07, 6.45) is 0. The smallest absolute Gasteiger partial charge is 0.119 e. The lowest BCUT2D eigenvalue weighted by atomic mass is 9.92. The molecule has 1 nitrogen and oxygen atoms in total. The molecule has 1 N–H and O–H groups in total. The molecule has 0 aromatic heterocycles. The molecule has 0 saturated heterocycles. The minimum atomic E-state index is 0.376. The number of aryl methyl sites for hydroxylation is 1. The molecular weight excluding hydrogens is 220 g/mol. The summed E-state index contributed by atoms with van der Waals surface area (Å²) in [5, 5.41) is 17.3. The molecule has 0 aliphatic rings. The average molecular weight is 232 g/mol. The molecule has 0 atom stereocenters. The van der Waals surface area contributed by atoms with Crippen LogP contribution in [0.25, 0.3) is 32.3 Å². The van der Waals surface area contributed by atoms with Crippen LogP contribution in [0.1, 0.15) is 5.56 Å². The second-order valence-corrected chi connectivity index (χ2v) is 4.88. The van der Waals surface area contributed by atoms with Gasteiger partial charge in [0.2, 0.25) is 0 Å². The van der Waals surface area contributed by atoms with E-state index in [2.05, 4.69) is 42.5 Å². The molecule has 0 radical (unpaired) electrons. The van der Waals surface area contributed by atoms with Crippen LogP contribution in [0.4, 0.5) is 0 Å². The Bertz CT molecular complexity index is 874. The van der Waals surface area contributed by atoms with E-state index in [1.807, 2.05) is 13.0 Å². The molecule has 0 bridgehead atoms. The van der Waals surface area contributed by atoms with Gasteiger partial charge in [0.15, 0.2) is 0 Å². The van der Waals surface area contributed by atoms with Crippen molar-refractivity contribution in [2.24, 2.45) is 0 Å². The minimum absolute atomic E-state index is 0.376. The van der Waals surface area contributed by atoms with Gasteiger partial charge in [0, 0.05) is 0 Å². The molecule has 0 spiro atoms. The highest BCUT2D eigenvalue weighted by Gasteiger charge is 2.11. The molecule has 4 rings (SSSR count). The van der Waals surface area contributed by atoms with Gasteiger partial charge in [-0.1, -0.05) is 42.5 Å². The van der Waals surface area contributed by atoms with Crippen LogP contribution in [0.2, 0.25) is 0 Å². The third-order valence-electron chi connectivity index (χ3n) is 3.89. The number of benzene rings is 4. The standard InChI is InChI=1S/C17H12O/c1-10-14-8-7-12-4-2-3-11-5-6-13(9-15(10)18)17(14)16(11)12/h2-9,18H,1H3. The van der Waals surface area contributed by atoms with E-state index in [-0.39, 0.29) is 0 Å². The van der Waals surface area contributed by atoms with E-state index in [9.17, 15) is 5.11 Å². The second-order valence-electron chi connectivity index (χ2n) is 4.88. The molecule has 0 heterocycles. The van der Waals surface area contributed by atoms with Crippen molar-refractivity contribution in [3.63, 3.8) is 0 Å². The highest BCUT2D eigenvalue weighted by atomic mass is 16.3. The van der Waals surface area contributed by atoms with Crippen LogP contribution in [0, 0.1) is 6.92 Å². The summed E-state index contributed by atoms with van der Waals surface area (Å²) in [6.45, 7) is 1.97. The van der Waals surface area contributed by atoms with Gasteiger partial charge >= 0.3 is 0 Å². The fraction of sp³-hybridized carbons (Fsp3) is 0.0588. The molecule has 4 aromatic carbocycles. The first kappa shape index (κ1) is 9.72. The highest BCUT2D eigenvalue weighted by molar-refractivity contribution is 6.23. The third-order valence-corrected chi connectivity index (χ3v) is 3.89. The summed E-state index contributed by atoms with van der Waals surface area (Å²) in [5.74, 6) is 0.376. The SMILES string of the molecule is Cc1c(O)cc2ccc3cccc4ccc1c2c34. The Morgan fingerprint density at radius 1 is 0.778 bits per heavy atom. The summed E-state index contributed by atoms with van der Waals surface area (Å²) in [6, 6.07) is 16.7. The van der Waals surface area contributed by atoms with Gasteiger partial charge in [-0.05, 0) is 50.9 Å². The van der Waals surface area contributed by atoms with Crippen molar-refractivity contribution in [1.82, 2.24) is 0 Å². The zero-order valence-corrected chi connectivity index (χ0v) is 10.1. The van der Waals surface area contributed by atoms with Crippen molar-refractivity contribution < 1.29 is 5.11 Å². The average Bonchev–Trinajstić information content (AvgIpc) is 2.40. The maximum absolute atomic E-state index is 9.99. The Hall–Kier alpha value is -2.28. The number of phenolic OH excluding ortho intramolecular Hbond substituents is 1. The Labute approximate surface area is 105 Å². The molecule has 86 valence electrons. The number of phenols is 1. The maximum atomic E-state index is 9.99. The molecule has 0 aliphatic heterocycles. The van der Waals surface area contributed by atoms with Crippen LogP contribution in [0.3, 0.4) is 0 Å². The van der Waals surface area contributed by atoms with Crippen molar-refractivity contribution in [3.8, 4) is 5.75 Å². The van der Waals surface area contributed by atoms with Crippen molar-refractivity contribution >= 4 is 32.3 Å². The van der Waals surface area contributed by atoms with Crippen LogP contribution in [-0.4, -0.2) is 5.11 Å². The normalized spacial score (nSPS) is 11.8. The number of rotatable bonds is 0. The Morgan fingerprint density at radius 2 is 1.44 bits per heavy atom. The van der Waals surface area contributed by atoms with E-state index in [1.165, 1.54) is 21.5 Å². The Kier molecular flexibility index (Phi) is 1.69. The second kappa shape index (κ2) is 3.14. The van der Waals surface area contributed by atoms with Crippen LogP contribution in [-0.2, 0) is 0 Å². The van der Waals surface area contributed by atoms with Gasteiger partial charge < -0.3 is 5.11 Å². The maximum Gasteiger partial charge on any atom is 0.119 e. The first-order chi connectivity index (χ1) is 8.75. The van der Waals surface area contributed by atoms with Crippen molar-refractivity contribution in [2.75, 3.05) is 0 Å². The zero-order valence-electron chi connectivity index (χ0n) is 10.1. The van der Waals surface area contributed by atoms with Gasteiger partial charge in [0.25, 0.3) is 0 Å². The molecule has 0 fully saturated rings. The molecule has 0 aliphatic carbocycles. The van der Waals surface area contributed by atoms with Crippen molar-refractivity contribution in [3.05, 3.63) is 54.1 Å². The largest absolute Gasteiger partial charge is 0.508 e. The van der Waals surface area contributed by atoms with Crippen LogP contribution in [0.15, 0.2) is 48.5 Å². The number of aromatic hydroxyl groups is 1. The van der Waals surface area contributed by atoms with E-state index < -0.39 is 0 Å². The summed E-state index contributed by atoms with van der Waals surface area (Å²) in [7, 11) is 0. The fourth-order valence-electron chi connectivity index (χ4n) is 2.94. The van der Waals surface area contributed by atoms with Gasteiger partial charge in [-0.25, -0.2) is 0 Å². The van der Waals surface area contributed by atoms with Gasteiger partial charge in [0.1, 0.15) is 5.75 Å². The fourth-order valence-corrected chi connectivity index (χ4v) is 2.94. The zero-order chi connectivity index (χ0) is 12.3. The van der Waals surface area contributed by atoms with Crippen LogP contribution >= 0.6 is 0 Å². The van der Waals surface area contributed by atoms with Crippen molar-refractivity contribution in [2.45, 2.75) is 6.92 Å². The number of hydrogen-bond acceptors (Lipinski definition) is 1. The molecule has 1 heteroatoms. The monoisotopic (exact) mass is 232 g/mol. The van der Waals surface area contributed by atoms with Gasteiger partial charge in [-0.3, -0.25) is 0 Å². The van der Waals surface area contributed by atoms with E-state index in [0.29, 0.717) is 5.75 Å². The molecule has 0 unspecified atom stereocenters. The summed E-state index contributed by atoms with van der Waals surface area (Å²) in [5.41, 5.74) is 0.959. The predicted molar refractivity (Wildman–Crippen MR) is 76.5 cm³/mol. The van der Waals surface area contributed by atoms with E-state index in [0.717, 1.165) is 16.3 Å². The minimum Gasteiger partial charge on any atom is -0.508 e. The lowest BCUT2D eigenvalue weighted by molar-refractivity contribution is 0.473. The Morgan fingerprint density at radius 3 is 2.22 bits per heavy atom.